The van der Waals surface area contributed by atoms with Gasteiger partial charge in [0.1, 0.15) is 5.75 Å². The second-order valence-corrected chi connectivity index (χ2v) is 5.08. The zero-order valence-corrected chi connectivity index (χ0v) is 11.2. The van der Waals surface area contributed by atoms with Crippen molar-refractivity contribution in [3.8, 4) is 5.75 Å². The molecule has 0 radical (unpaired) electrons. The van der Waals surface area contributed by atoms with E-state index in [1.54, 1.807) is 24.3 Å². The Morgan fingerprint density at radius 2 is 1.45 bits per heavy atom. The molecule has 0 atom stereocenters. The largest absolute Gasteiger partial charge is 0.507 e. The van der Waals surface area contributed by atoms with E-state index in [4.69, 9.17) is 0 Å². The van der Waals surface area contributed by atoms with Crippen LogP contribution < -0.4 is 0 Å². The second-order valence-electron chi connectivity index (χ2n) is 5.08. The average molecular weight is 267 g/mol. The molecule has 0 aliphatic carbocycles. The molecule has 3 heteroatoms. The molecule has 0 spiro atoms. The highest BCUT2D eigenvalue weighted by molar-refractivity contribution is 5.96. The first-order valence-electron chi connectivity index (χ1n) is 6.90. The van der Waals surface area contributed by atoms with Crippen LogP contribution in [0, 0.1) is 0 Å². The highest BCUT2D eigenvalue weighted by Crippen LogP contribution is 2.21. The molecule has 1 N–H and O–H groups in total. The van der Waals surface area contributed by atoms with Crippen LogP contribution in [-0.4, -0.2) is 29.0 Å². The quantitative estimate of drug-likeness (QED) is 0.863. The van der Waals surface area contributed by atoms with E-state index >= 15 is 0 Å². The molecule has 2 aromatic carbocycles. The first-order chi connectivity index (χ1) is 9.75. The Morgan fingerprint density at radius 3 is 2.05 bits per heavy atom. The molecule has 0 fully saturated rings. The van der Waals surface area contributed by atoms with Crippen LogP contribution >= 0.6 is 0 Å². The van der Waals surface area contributed by atoms with E-state index in [9.17, 15) is 9.90 Å². The van der Waals surface area contributed by atoms with Crippen LogP contribution in [0.4, 0.5) is 0 Å². The van der Waals surface area contributed by atoms with Gasteiger partial charge in [-0.2, -0.15) is 0 Å². The van der Waals surface area contributed by atoms with Crippen LogP contribution in [0.15, 0.2) is 48.5 Å². The molecule has 2 aromatic rings. The van der Waals surface area contributed by atoms with Gasteiger partial charge in [0, 0.05) is 13.1 Å². The van der Waals surface area contributed by atoms with Gasteiger partial charge in [-0.05, 0) is 36.1 Å². The minimum absolute atomic E-state index is 0.0549. The fraction of sp³-hybridized carbons (Fsp3) is 0.235. The lowest BCUT2D eigenvalue weighted by molar-refractivity contribution is 0.0760. The zero-order valence-electron chi connectivity index (χ0n) is 11.2. The molecular formula is C17H17NO2. The minimum atomic E-state index is -0.0871. The fourth-order valence-corrected chi connectivity index (χ4v) is 2.70. The molecule has 1 aliphatic rings. The maximum atomic E-state index is 12.5. The van der Waals surface area contributed by atoms with Crippen molar-refractivity contribution in [2.45, 2.75) is 12.8 Å². The minimum Gasteiger partial charge on any atom is -0.507 e. The summed E-state index contributed by atoms with van der Waals surface area (Å²) in [4.78, 5) is 14.3. The second kappa shape index (κ2) is 5.37. The van der Waals surface area contributed by atoms with E-state index in [2.05, 4.69) is 12.1 Å². The maximum Gasteiger partial charge on any atom is 0.257 e. The third-order valence-corrected chi connectivity index (χ3v) is 3.84. The number of para-hydroxylation sites is 1. The summed E-state index contributed by atoms with van der Waals surface area (Å²) in [6.07, 6.45) is 1.74. The van der Waals surface area contributed by atoms with Gasteiger partial charge in [-0.15, -0.1) is 0 Å². The van der Waals surface area contributed by atoms with E-state index in [-0.39, 0.29) is 11.7 Å². The van der Waals surface area contributed by atoms with E-state index < -0.39 is 0 Å². The van der Waals surface area contributed by atoms with E-state index in [1.807, 2.05) is 17.0 Å². The first-order valence-corrected chi connectivity index (χ1v) is 6.90. The summed E-state index contributed by atoms with van der Waals surface area (Å²) < 4.78 is 0. The van der Waals surface area contributed by atoms with Crippen molar-refractivity contribution in [3.05, 3.63) is 65.2 Å². The topological polar surface area (TPSA) is 40.5 Å². The molecule has 0 saturated carbocycles. The van der Waals surface area contributed by atoms with Gasteiger partial charge in [0.25, 0.3) is 5.91 Å². The van der Waals surface area contributed by atoms with Crippen LogP contribution in [0.25, 0.3) is 0 Å². The molecule has 1 amide bonds. The zero-order chi connectivity index (χ0) is 13.9. The van der Waals surface area contributed by atoms with Crippen molar-refractivity contribution in [2.75, 3.05) is 13.1 Å². The van der Waals surface area contributed by atoms with Gasteiger partial charge in [0.15, 0.2) is 0 Å². The SMILES string of the molecule is O=C(c1ccccc1O)N1CCc2ccccc2CC1. The molecule has 0 aromatic heterocycles. The normalized spacial score (nSPS) is 14.5. The number of hydrogen-bond donors (Lipinski definition) is 1. The number of nitrogens with zero attached hydrogens (tertiary/aromatic N) is 1. The van der Waals surface area contributed by atoms with E-state index in [1.165, 1.54) is 11.1 Å². The molecule has 0 saturated heterocycles. The lowest BCUT2D eigenvalue weighted by atomic mass is 10.0. The summed E-state index contributed by atoms with van der Waals surface area (Å²) >= 11 is 0. The number of phenols is 1. The van der Waals surface area contributed by atoms with Gasteiger partial charge in [-0.3, -0.25) is 4.79 Å². The van der Waals surface area contributed by atoms with E-state index in [0.717, 1.165) is 12.8 Å². The molecule has 1 heterocycles. The number of fused-ring (bicyclic) bond motifs is 1. The number of benzene rings is 2. The van der Waals surface area contributed by atoms with Gasteiger partial charge < -0.3 is 10.0 Å². The number of phenolic OH excluding ortho intramolecular Hbond substituents is 1. The Labute approximate surface area is 118 Å². The van der Waals surface area contributed by atoms with Crippen molar-refractivity contribution in [1.29, 1.82) is 0 Å². The maximum absolute atomic E-state index is 12.5. The Bertz CT molecular complexity index is 609. The monoisotopic (exact) mass is 267 g/mol. The van der Waals surface area contributed by atoms with Crippen molar-refractivity contribution >= 4 is 5.91 Å². The number of amides is 1. The van der Waals surface area contributed by atoms with Gasteiger partial charge in [0.05, 0.1) is 5.56 Å². The predicted molar refractivity (Wildman–Crippen MR) is 77.9 cm³/mol. The summed E-state index contributed by atoms with van der Waals surface area (Å²) in [6, 6.07) is 15.1. The summed E-state index contributed by atoms with van der Waals surface area (Å²) in [6.45, 7) is 1.40. The lowest BCUT2D eigenvalue weighted by Crippen LogP contribution is -2.33. The van der Waals surface area contributed by atoms with Crippen molar-refractivity contribution < 1.29 is 9.90 Å². The number of aromatic hydroxyl groups is 1. The first kappa shape index (κ1) is 12.7. The van der Waals surface area contributed by atoms with Crippen LogP contribution in [-0.2, 0) is 12.8 Å². The Hall–Kier alpha value is -2.29. The molecule has 1 aliphatic heterocycles. The lowest BCUT2D eigenvalue weighted by Gasteiger charge is -2.20. The van der Waals surface area contributed by atoms with Crippen molar-refractivity contribution in [3.63, 3.8) is 0 Å². The molecule has 102 valence electrons. The fourth-order valence-electron chi connectivity index (χ4n) is 2.70. The summed E-state index contributed by atoms with van der Waals surface area (Å²) in [5.41, 5.74) is 3.03. The van der Waals surface area contributed by atoms with Gasteiger partial charge >= 0.3 is 0 Å². The highest BCUT2D eigenvalue weighted by atomic mass is 16.3. The van der Waals surface area contributed by atoms with Crippen LogP contribution in [0.1, 0.15) is 21.5 Å². The van der Waals surface area contributed by atoms with Crippen molar-refractivity contribution in [1.82, 2.24) is 4.90 Å². The van der Waals surface area contributed by atoms with Crippen LogP contribution in [0.5, 0.6) is 5.75 Å². The van der Waals surface area contributed by atoms with Crippen molar-refractivity contribution in [2.24, 2.45) is 0 Å². The Morgan fingerprint density at radius 1 is 0.900 bits per heavy atom. The van der Waals surface area contributed by atoms with Crippen LogP contribution in [0.2, 0.25) is 0 Å². The van der Waals surface area contributed by atoms with Gasteiger partial charge in [-0.1, -0.05) is 36.4 Å². The molecular weight excluding hydrogens is 250 g/mol. The highest BCUT2D eigenvalue weighted by Gasteiger charge is 2.21. The summed E-state index contributed by atoms with van der Waals surface area (Å²) in [5.74, 6) is -0.0323. The number of carbonyl (C=O) groups excluding carboxylic acids is 1. The third kappa shape index (κ3) is 2.39. The summed E-state index contributed by atoms with van der Waals surface area (Å²) in [7, 11) is 0. The molecule has 3 rings (SSSR count). The smallest absolute Gasteiger partial charge is 0.257 e. The number of hydrogen-bond acceptors (Lipinski definition) is 2. The molecule has 0 unspecified atom stereocenters. The molecule has 20 heavy (non-hydrogen) atoms. The van der Waals surface area contributed by atoms with Gasteiger partial charge in [-0.25, -0.2) is 0 Å². The Balaban J connectivity index is 1.80. The standard InChI is InChI=1S/C17H17NO2/c19-16-8-4-3-7-15(16)17(20)18-11-9-13-5-1-2-6-14(13)10-12-18/h1-8,19H,9-12H2. The van der Waals surface area contributed by atoms with E-state index in [0.29, 0.717) is 18.7 Å². The van der Waals surface area contributed by atoms with Gasteiger partial charge in [0.2, 0.25) is 0 Å². The predicted octanol–water partition coefficient (Wildman–Crippen LogP) is 2.63. The summed E-state index contributed by atoms with van der Waals surface area (Å²) in [5, 5.41) is 9.81. The Kier molecular flexibility index (Phi) is 3.42. The molecule has 0 bridgehead atoms. The average Bonchev–Trinajstić information content (AvgIpc) is 2.70. The van der Waals surface area contributed by atoms with Crippen LogP contribution in [0.3, 0.4) is 0 Å². The molecule has 3 nitrogen and oxygen atoms in total. The number of carbonyl (C=O) groups is 1. The third-order valence-electron chi connectivity index (χ3n) is 3.84. The number of rotatable bonds is 1.